The monoisotopic (exact) mass is 357 g/mol. The standard InChI is InChI=1S/C15H23N3O5S/c1-16(2)24(20,21)18-10-8-17(9-11-18)15(19)14-12(22-3)6-5-7-13(14)23-4/h5-7H,8-11H2,1-4H3. The Bertz CT molecular complexity index is 675. The Morgan fingerprint density at radius 1 is 1.04 bits per heavy atom. The molecule has 1 saturated heterocycles. The van der Waals surface area contributed by atoms with E-state index in [4.69, 9.17) is 9.47 Å². The van der Waals surface area contributed by atoms with Crippen LogP contribution >= 0.6 is 0 Å². The molecule has 8 nitrogen and oxygen atoms in total. The number of benzene rings is 1. The summed E-state index contributed by atoms with van der Waals surface area (Å²) >= 11 is 0. The quantitative estimate of drug-likeness (QED) is 0.756. The second kappa shape index (κ2) is 7.37. The van der Waals surface area contributed by atoms with Gasteiger partial charge >= 0.3 is 0 Å². The number of rotatable bonds is 5. The van der Waals surface area contributed by atoms with Gasteiger partial charge in [-0.15, -0.1) is 0 Å². The van der Waals surface area contributed by atoms with Crippen LogP contribution in [-0.4, -0.2) is 82.3 Å². The summed E-state index contributed by atoms with van der Waals surface area (Å²) in [7, 11) is 2.51. The lowest BCUT2D eigenvalue weighted by atomic mass is 10.1. The zero-order valence-electron chi connectivity index (χ0n) is 14.4. The third kappa shape index (κ3) is 3.47. The molecule has 2 rings (SSSR count). The zero-order valence-corrected chi connectivity index (χ0v) is 15.2. The first-order valence-electron chi connectivity index (χ1n) is 7.50. The van der Waals surface area contributed by atoms with E-state index in [1.807, 2.05) is 0 Å². The Morgan fingerprint density at radius 2 is 1.54 bits per heavy atom. The Labute approximate surface area is 142 Å². The minimum Gasteiger partial charge on any atom is -0.496 e. The van der Waals surface area contributed by atoms with Crippen molar-refractivity contribution in [3.63, 3.8) is 0 Å². The van der Waals surface area contributed by atoms with Crippen LogP contribution in [-0.2, 0) is 10.2 Å². The van der Waals surface area contributed by atoms with Crippen molar-refractivity contribution in [1.82, 2.24) is 13.5 Å². The van der Waals surface area contributed by atoms with Crippen LogP contribution in [0.3, 0.4) is 0 Å². The van der Waals surface area contributed by atoms with Gasteiger partial charge in [-0.2, -0.15) is 17.0 Å². The SMILES string of the molecule is COc1cccc(OC)c1C(=O)N1CCN(S(=O)(=O)N(C)C)CC1. The molecule has 0 saturated carbocycles. The molecule has 1 heterocycles. The second-order valence-electron chi connectivity index (χ2n) is 5.52. The molecule has 1 aliphatic heterocycles. The highest BCUT2D eigenvalue weighted by atomic mass is 32.2. The van der Waals surface area contributed by atoms with Crippen LogP contribution in [0.15, 0.2) is 18.2 Å². The first-order chi connectivity index (χ1) is 11.3. The van der Waals surface area contributed by atoms with E-state index in [1.165, 1.54) is 36.9 Å². The maximum absolute atomic E-state index is 12.8. The number of hydrogen-bond donors (Lipinski definition) is 0. The first-order valence-corrected chi connectivity index (χ1v) is 8.90. The fourth-order valence-corrected chi connectivity index (χ4v) is 3.66. The molecular formula is C15H23N3O5S. The molecule has 0 N–H and O–H groups in total. The predicted octanol–water partition coefficient (Wildman–Crippen LogP) is 0.268. The van der Waals surface area contributed by atoms with Crippen LogP contribution in [0.4, 0.5) is 0 Å². The zero-order chi connectivity index (χ0) is 17.9. The second-order valence-corrected chi connectivity index (χ2v) is 7.66. The molecule has 0 bridgehead atoms. The van der Waals surface area contributed by atoms with Crippen molar-refractivity contribution in [3.8, 4) is 11.5 Å². The molecule has 24 heavy (non-hydrogen) atoms. The van der Waals surface area contributed by atoms with Crippen LogP contribution < -0.4 is 9.47 Å². The van der Waals surface area contributed by atoms with E-state index < -0.39 is 10.2 Å². The normalized spacial score (nSPS) is 16.3. The molecule has 0 radical (unpaired) electrons. The fourth-order valence-electron chi connectivity index (χ4n) is 2.57. The first kappa shape index (κ1) is 18.5. The maximum Gasteiger partial charge on any atom is 0.281 e. The van der Waals surface area contributed by atoms with Gasteiger partial charge in [0.1, 0.15) is 17.1 Å². The van der Waals surface area contributed by atoms with Crippen LogP contribution in [0.25, 0.3) is 0 Å². The molecular weight excluding hydrogens is 334 g/mol. The third-order valence-corrected chi connectivity index (χ3v) is 5.90. The van der Waals surface area contributed by atoms with Crippen molar-refractivity contribution < 1.29 is 22.7 Å². The smallest absolute Gasteiger partial charge is 0.281 e. The number of piperazine rings is 1. The molecule has 0 spiro atoms. The number of carbonyl (C=O) groups is 1. The highest BCUT2D eigenvalue weighted by Crippen LogP contribution is 2.30. The topological polar surface area (TPSA) is 79.4 Å². The van der Waals surface area contributed by atoms with Gasteiger partial charge in [-0.3, -0.25) is 4.79 Å². The van der Waals surface area contributed by atoms with Crippen molar-refractivity contribution in [3.05, 3.63) is 23.8 Å². The van der Waals surface area contributed by atoms with E-state index in [1.54, 1.807) is 23.1 Å². The molecule has 134 valence electrons. The minimum absolute atomic E-state index is 0.230. The Morgan fingerprint density at radius 3 is 1.96 bits per heavy atom. The molecule has 1 aromatic carbocycles. The van der Waals surface area contributed by atoms with Crippen molar-refractivity contribution in [2.75, 3.05) is 54.5 Å². The minimum atomic E-state index is -3.46. The summed E-state index contributed by atoms with van der Waals surface area (Å²) in [6.07, 6.45) is 0. The van der Waals surface area contributed by atoms with Crippen molar-refractivity contribution in [2.24, 2.45) is 0 Å². The summed E-state index contributed by atoms with van der Waals surface area (Å²) in [6, 6.07) is 5.14. The molecule has 0 aliphatic carbocycles. The van der Waals surface area contributed by atoms with Crippen molar-refractivity contribution in [1.29, 1.82) is 0 Å². The van der Waals surface area contributed by atoms with E-state index in [0.717, 1.165) is 0 Å². The molecule has 0 unspecified atom stereocenters. The lowest BCUT2D eigenvalue weighted by Crippen LogP contribution is -2.53. The van der Waals surface area contributed by atoms with Crippen molar-refractivity contribution >= 4 is 16.1 Å². The van der Waals surface area contributed by atoms with Gasteiger partial charge in [0.25, 0.3) is 16.1 Å². The van der Waals surface area contributed by atoms with Gasteiger partial charge in [0.2, 0.25) is 0 Å². The Kier molecular flexibility index (Phi) is 5.68. The summed E-state index contributed by atoms with van der Waals surface area (Å²) in [5.74, 6) is 0.636. The molecule has 0 aromatic heterocycles. The third-order valence-electron chi connectivity index (χ3n) is 3.96. The Balaban J connectivity index is 2.17. The van der Waals surface area contributed by atoms with Crippen LogP contribution in [0, 0.1) is 0 Å². The maximum atomic E-state index is 12.8. The summed E-state index contributed by atoms with van der Waals surface area (Å²) in [5, 5.41) is 0. The summed E-state index contributed by atoms with van der Waals surface area (Å²) in [4.78, 5) is 14.5. The van der Waals surface area contributed by atoms with Gasteiger partial charge < -0.3 is 14.4 Å². The summed E-state index contributed by atoms with van der Waals surface area (Å²) in [6.45, 7) is 1.13. The van der Waals surface area contributed by atoms with Gasteiger partial charge in [-0.25, -0.2) is 0 Å². The van der Waals surface area contributed by atoms with E-state index in [9.17, 15) is 13.2 Å². The van der Waals surface area contributed by atoms with Gasteiger partial charge in [0.15, 0.2) is 0 Å². The highest BCUT2D eigenvalue weighted by Gasteiger charge is 2.32. The van der Waals surface area contributed by atoms with Gasteiger partial charge in [0.05, 0.1) is 14.2 Å². The largest absolute Gasteiger partial charge is 0.496 e. The molecule has 0 atom stereocenters. The lowest BCUT2D eigenvalue weighted by Gasteiger charge is -2.35. The number of amides is 1. The van der Waals surface area contributed by atoms with Gasteiger partial charge in [0, 0.05) is 40.3 Å². The number of methoxy groups -OCH3 is 2. The van der Waals surface area contributed by atoms with Crippen LogP contribution in [0.2, 0.25) is 0 Å². The number of hydrogen-bond acceptors (Lipinski definition) is 5. The summed E-state index contributed by atoms with van der Waals surface area (Å²) in [5.41, 5.74) is 0.353. The number of ether oxygens (including phenoxy) is 2. The molecule has 9 heteroatoms. The Hall–Kier alpha value is -1.84. The van der Waals surface area contributed by atoms with E-state index in [-0.39, 0.29) is 19.0 Å². The highest BCUT2D eigenvalue weighted by molar-refractivity contribution is 7.86. The molecule has 1 aromatic rings. The van der Waals surface area contributed by atoms with E-state index >= 15 is 0 Å². The summed E-state index contributed by atoms with van der Waals surface area (Å²) < 4.78 is 37.4. The van der Waals surface area contributed by atoms with Gasteiger partial charge in [-0.05, 0) is 12.1 Å². The molecule has 1 amide bonds. The van der Waals surface area contributed by atoms with E-state index in [2.05, 4.69) is 0 Å². The average Bonchev–Trinajstić information content (AvgIpc) is 2.60. The number of carbonyl (C=O) groups excluding carboxylic acids is 1. The predicted molar refractivity (Wildman–Crippen MR) is 89.6 cm³/mol. The van der Waals surface area contributed by atoms with Crippen LogP contribution in [0.5, 0.6) is 11.5 Å². The lowest BCUT2D eigenvalue weighted by molar-refractivity contribution is 0.0688. The van der Waals surface area contributed by atoms with Crippen LogP contribution in [0.1, 0.15) is 10.4 Å². The molecule has 1 fully saturated rings. The van der Waals surface area contributed by atoms with Gasteiger partial charge in [-0.1, -0.05) is 6.07 Å². The van der Waals surface area contributed by atoms with Crippen molar-refractivity contribution in [2.45, 2.75) is 0 Å². The fraction of sp³-hybridized carbons (Fsp3) is 0.533. The average molecular weight is 357 g/mol. The number of nitrogens with zero attached hydrogens (tertiary/aromatic N) is 3. The molecule has 1 aliphatic rings. The van der Waals surface area contributed by atoms with E-state index in [0.29, 0.717) is 30.2 Å².